The Balaban J connectivity index is 1.66. The second-order valence-corrected chi connectivity index (χ2v) is 5.19. The van der Waals surface area contributed by atoms with Gasteiger partial charge in [0.15, 0.2) is 0 Å². The first kappa shape index (κ1) is 13.0. The predicted octanol–water partition coefficient (Wildman–Crippen LogP) is 2.97. The van der Waals surface area contributed by atoms with Gasteiger partial charge in [0.05, 0.1) is 0 Å². The first-order chi connectivity index (χ1) is 9.86. The fourth-order valence-corrected chi connectivity index (χ4v) is 2.71. The van der Waals surface area contributed by atoms with E-state index in [1.807, 2.05) is 12.3 Å². The minimum absolute atomic E-state index is 1.04. The molecule has 3 rings (SSSR count). The van der Waals surface area contributed by atoms with E-state index in [1.54, 1.807) is 0 Å². The van der Waals surface area contributed by atoms with Crippen molar-refractivity contribution >= 4 is 11.5 Å². The Labute approximate surface area is 120 Å². The molecule has 1 aliphatic heterocycles. The Hall–Kier alpha value is -2.03. The monoisotopic (exact) mass is 267 g/mol. The molecule has 1 aliphatic rings. The van der Waals surface area contributed by atoms with Crippen molar-refractivity contribution in [3.05, 3.63) is 54.2 Å². The predicted molar refractivity (Wildman–Crippen MR) is 84.5 cm³/mol. The van der Waals surface area contributed by atoms with Crippen LogP contribution in [0.4, 0.5) is 11.5 Å². The standard InChI is InChI=1S/C17H21N3/c1-2-15-6-5-7-16(14-15)19-10-12-20(13-11-19)17-8-3-4-9-18-17/h3-9,14H,2,10-13H2,1H3. The van der Waals surface area contributed by atoms with Crippen LogP contribution in [0.15, 0.2) is 48.7 Å². The van der Waals surface area contributed by atoms with Crippen LogP contribution in [0.25, 0.3) is 0 Å². The Morgan fingerprint density at radius 1 is 0.950 bits per heavy atom. The maximum absolute atomic E-state index is 4.43. The first-order valence-electron chi connectivity index (χ1n) is 7.36. The van der Waals surface area contributed by atoms with E-state index < -0.39 is 0 Å². The van der Waals surface area contributed by atoms with Crippen molar-refractivity contribution in [2.45, 2.75) is 13.3 Å². The molecule has 0 aliphatic carbocycles. The average Bonchev–Trinajstić information content (AvgIpc) is 2.56. The van der Waals surface area contributed by atoms with Crippen molar-refractivity contribution in [3.8, 4) is 0 Å². The van der Waals surface area contributed by atoms with Gasteiger partial charge in [-0.05, 0) is 36.2 Å². The zero-order valence-corrected chi connectivity index (χ0v) is 12.0. The van der Waals surface area contributed by atoms with E-state index in [1.165, 1.54) is 11.3 Å². The number of aryl methyl sites for hydroxylation is 1. The number of aromatic nitrogens is 1. The summed E-state index contributed by atoms with van der Waals surface area (Å²) in [5.41, 5.74) is 2.76. The second kappa shape index (κ2) is 5.95. The summed E-state index contributed by atoms with van der Waals surface area (Å²) >= 11 is 0. The summed E-state index contributed by atoms with van der Waals surface area (Å²) in [4.78, 5) is 9.27. The Morgan fingerprint density at radius 2 is 1.75 bits per heavy atom. The Bertz CT molecular complexity index is 545. The summed E-state index contributed by atoms with van der Waals surface area (Å²) < 4.78 is 0. The van der Waals surface area contributed by atoms with E-state index in [2.05, 4.69) is 58.1 Å². The maximum atomic E-state index is 4.43. The van der Waals surface area contributed by atoms with Gasteiger partial charge >= 0.3 is 0 Å². The summed E-state index contributed by atoms with van der Waals surface area (Å²) in [6.07, 6.45) is 2.97. The number of hydrogen-bond acceptors (Lipinski definition) is 3. The third-order valence-corrected chi connectivity index (χ3v) is 3.94. The van der Waals surface area contributed by atoms with Gasteiger partial charge in [-0.1, -0.05) is 25.1 Å². The lowest BCUT2D eigenvalue weighted by Crippen LogP contribution is -2.46. The minimum Gasteiger partial charge on any atom is -0.368 e. The molecule has 1 saturated heterocycles. The van der Waals surface area contributed by atoms with E-state index in [-0.39, 0.29) is 0 Å². The van der Waals surface area contributed by atoms with Gasteiger partial charge in [-0.3, -0.25) is 0 Å². The lowest BCUT2D eigenvalue weighted by Gasteiger charge is -2.36. The fourth-order valence-electron chi connectivity index (χ4n) is 2.71. The number of piperazine rings is 1. The molecule has 0 saturated carbocycles. The van der Waals surface area contributed by atoms with Gasteiger partial charge in [0.25, 0.3) is 0 Å². The van der Waals surface area contributed by atoms with Crippen molar-refractivity contribution in [1.82, 2.24) is 4.98 Å². The Kier molecular flexibility index (Phi) is 3.86. The summed E-state index contributed by atoms with van der Waals surface area (Å²) in [5, 5.41) is 0. The van der Waals surface area contributed by atoms with Crippen LogP contribution in [0.5, 0.6) is 0 Å². The number of pyridine rings is 1. The molecule has 0 N–H and O–H groups in total. The molecule has 0 amide bonds. The third kappa shape index (κ3) is 2.77. The molecule has 20 heavy (non-hydrogen) atoms. The molecule has 0 radical (unpaired) electrons. The van der Waals surface area contributed by atoms with Gasteiger partial charge in [-0.15, -0.1) is 0 Å². The van der Waals surface area contributed by atoms with E-state index in [0.717, 1.165) is 38.4 Å². The molecule has 0 spiro atoms. The molecule has 2 heterocycles. The van der Waals surface area contributed by atoms with Crippen LogP contribution in [-0.4, -0.2) is 31.2 Å². The van der Waals surface area contributed by atoms with Gasteiger partial charge in [0.2, 0.25) is 0 Å². The number of rotatable bonds is 3. The van der Waals surface area contributed by atoms with Crippen LogP contribution in [-0.2, 0) is 6.42 Å². The SMILES string of the molecule is CCc1cccc(N2CCN(c3ccccn3)CC2)c1. The lowest BCUT2D eigenvalue weighted by molar-refractivity contribution is 0.647. The second-order valence-electron chi connectivity index (χ2n) is 5.19. The van der Waals surface area contributed by atoms with Gasteiger partial charge in [0, 0.05) is 38.1 Å². The van der Waals surface area contributed by atoms with E-state index in [4.69, 9.17) is 0 Å². The van der Waals surface area contributed by atoms with Crippen molar-refractivity contribution < 1.29 is 0 Å². The molecule has 2 aromatic rings. The first-order valence-corrected chi connectivity index (χ1v) is 7.36. The quantitative estimate of drug-likeness (QED) is 0.852. The van der Waals surface area contributed by atoms with Crippen molar-refractivity contribution in [2.75, 3.05) is 36.0 Å². The van der Waals surface area contributed by atoms with Gasteiger partial charge in [0.1, 0.15) is 5.82 Å². The molecule has 0 unspecified atom stereocenters. The number of anilines is 2. The molecule has 1 fully saturated rings. The summed E-state index contributed by atoms with van der Waals surface area (Å²) in [6, 6.07) is 15.0. The highest BCUT2D eigenvalue weighted by Crippen LogP contribution is 2.20. The van der Waals surface area contributed by atoms with E-state index in [0.29, 0.717) is 0 Å². The highest BCUT2D eigenvalue weighted by molar-refractivity contribution is 5.51. The number of benzene rings is 1. The van der Waals surface area contributed by atoms with Crippen molar-refractivity contribution in [2.24, 2.45) is 0 Å². The van der Waals surface area contributed by atoms with Crippen LogP contribution >= 0.6 is 0 Å². The van der Waals surface area contributed by atoms with Crippen LogP contribution in [0.2, 0.25) is 0 Å². The Morgan fingerprint density at radius 3 is 2.45 bits per heavy atom. The minimum atomic E-state index is 1.04. The normalized spacial score (nSPS) is 15.4. The highest BCUT2D eigenvalue weighted by atomic mass is 15.3. The van der Waals surface area contributed by atoms with Crippen LogP contribution < -0.4 is 9.80 Å². The lowest BCUT2D eigenvalue weighted by atomic mass is 10.1. The molecular weight excluding hydrogens is 246 g/mol. The van der Waals surface area contributed by atoms with Crippen molar-refractivity contribution in [3.63, 3.8) is 0 Å². The van der Waals surface area contributed by atoms with E-state index in [9.17, 15) is 0 Å². The van der Waals surface area contributed by atoms with Crippen LogP contribution in [0, 0.1) is 0 Å². The van der Waals surface area contributed by atoms with Crippen molar-refractivity contribution in [1.29, 1.82) is 0 Å². The van der Waals surface area contributed by atoms with E-state index >= 15 is 0 Å². The molecule has 3 nitrogen and oxygen atoms in total. The number of hydrogen-bond donors (Lipinski definition) is 0. The smallest absolute Gasteiger partial charge is 0.128 e. The zero-order chi connectivity index (χ0) is 13.8. The summed E-state index contributed by atoms with van der Waals surface area (Å²) in [5.74, 6) is 1.09. The number of nitrogens with zero attached hydrogens (tertiary/aromatic N) is 3. The molecular formula is C17H21N3. The summed E-state index contributed by atoms with van der Waals surface area (Å²) in [7, 11) is 0. The topological polar surface area (TPSA) is 19.4 Å². The molecule has 0 bridgehead atoms. The molecule has 1 aromatic carbocycles. The fraction of sp³-hybridized carbons (Fsp3) is 0.353. The molecule has 3 heteroatoms. The highest BCUT2D eigenvalue weighted by Gasteiger charge is 2.18. The molecule has 104 valence electrons. The molecule has 0 atom stereocenters. The third-order valence-electron chi connectivity index (χ3n) is 3.94. The largest absolute Gasteiger partial charge is 0.368 e. The van der Waals surface area contributed by atoms with Gasteiger partial charge in [-0.2, -0.15) is 0 Å². The zero-order valence-electron chi connectivity index (χ0n) is 12.0. The molecule has 1 aromatic heterocycles. The van der Waals surface area contributed by atoms with Gasteiger partial charge < -0.3 is 9.80 Å². The van der Waals surface area contributed by atoms with Crippen LogP contribution in [0.1, 0.15) is 12.5 Å². The summed E-state index contributed by atoms with van der Waals surface area (Å²) in [6.45, 7) is 6.40. The maximum Gasteiger partial charge on any atom is 0.128 e. The van der Waals surface area contributed by atoms with Gasteiger partial charge in [-0.25, -0.2) is 4.98 Å². The van der Waals surface area contributed by atoms with Crippen LogP contribution in [0.3, 0.4) is 0 Å². The average molecular weight is 267 g/mol.